The first-order valence-corrected chi connectivity index (χ1v) is 7.66. The summed E-state index contributed by atoms with van der Waals surface area (Å²) >= 11 is 0. The Hall–Kier alpha value is -3.03. The maximum absolute atomic E-state index is 12.1. The number of hydrogen-bond acceptors (Lipinski definition) is 6. The molecule has 1 aliphatic carbocycles. The molecule has 0 spiro atoms. The number of ether oxygens (including phenoxy) is 2. The fraction of sp³-hybridized carbons (Fsp3) is 0.312. The van der Waals surface area contributed by atoms with Gasteiger partial charge in [-0.05, 0) is 25.0 Å². The molecule has 124 valence electrons. The molecule has 1 atom stereocenters. The van der Waals surface area contributed by atoms with E-state index in [0.717, 1.165) is 12.8 Å². The third-order valence-electron chi connectivity index (χ3n) is 3.84. The first kappa shape index (κ1) is 14.6. The maximum Gasteiger partial charge on any atom is 0.291 e. The summed E-state index contributed by atoms with van der Waals surface area (Å²) < 4.78 is 16.1. The van der Waals surface area contributed by atoms with Crippen molar-refractivity contribution in [1.29, 1.82) is 0 Å². The van der Waals surface area contributed by atoms with E-state index in [1.165, 1.54) is 0 Å². The summed E-state index contributed by atoms with van der Waals surface area (Å²) in [5.41, 5.74) is 4.73. The third-order valence-corrected chi connectivity index (χ3v) is 3.84. The fourth-order valence-electron chi connectivity index (χ4n) is 2.37. The lowest BCUT2D eigenvalue weighted by molar-refractivity contribution is -0.131. The molecule has 1 unspecified atom stereocenters. The minimum atomic E-state index is -0.848. The van der Waals surface area contributed by atoms with Crippen molar-refractivity contribution < 1.29 is 23.6 Å². The Morgan fingerprint density at radius 2 is 1.92 bits per heavy atom. The van der Waals surface area contributed by atoms with Crippen LogP contribution in [0.15, 0.2) is 34.9 Å². The van der Waals surface area contributed by atoms with E-state index in [1.54, 1.807) is 24.3 Å². The van der Waals surface area contributed by atoms with Crippen molar-refractivity contribution >= 4 is 11.8 Å². The Morgan fingerprint density at radius 3 is 2.71 bits per heavy atom. The topological polar surface area (TPSA) is 103 Å². The second-order valence-corrected chi connectivity index (χ2v) is 5.70. The molecule has 2 N–H and O–H groups in total. The Morgan fingerprint density at radius 1 is 1.12 bits per heavy atom. The minimum absolute atomic E-state index is 0.0640. The van der Waals surface area contributed by atoms with Crippen molar-refractivity contribution in [2.45, 2.75) is 24.9 Å². The average Bonchev–Trinajstić information content (AvgIpc) is 3.35. The lowest BCUT2D eigenvalue weighted by Gasteiger charge is -2.25. The number of carbonyl (C=O) groups is 2. The van der Waals surface area contributed by atoms with E-state index in [4.69, 9.17) is 14.0 Å². The van der Waals surface area contributed by atoms with Crippen molar-refractivity contribution in [3.05, 3.63) is 41.8 Å². The van der Waals surface area contributed by atoms with Gasteiger partial charge in [0.15, 0.2) is 17.2 Å². The number of carbonyl (C=O) groups excluding carboxylic acids is 2. The molecule has 0 radical (unpaired) electrons. The number of nitrogens with one attached hydrogen (secondary N) is 2. The monoisotopic (exact) mass is 329 g/mol. The number of fused-ring (bicyclic) bond motifs is 1. The molecule has 2 heterocycles. The SMILES string of the molecule is O=C(NNC(=O)C1COc2ccccc2O1)c1cc(C2CC2)on1. The highest BCUT2D eigenvalue weighted by Crippen LogP contribution is 2.40. The summed E-state index contributed by atoms with van der Waals surface area (Å²) in [6.07, 6.45) is 1.25. The smallest absolute Gasteiger partial charge is 0.291 e. The zero-order chi connectivity index (χ0) is 16.5. The van der Waals surface area contributed by atoms with Crippen LogP contribution in [0.4, 0.5) is 0 Å². The number of hydrogen-bond donors (Lipinski definition) is 2. The van der Waals surface area contributed by atoms with Gasteiger partial charge in [0.25, 0.3) is 11.8 Å². The zero-order valence-electron chi connectivity index (χ0n) is 12.7. The summed E-state index contributed by atoms with van der Waals surface area (Å²) in [7, 11) is 0. The molecule has 2 aliphatic rings. The average molecular weight is 329 g/mol. The lowest BCUT2D eigenvalue weighted by Crippen LogP contribution is -2.50. The number of amides is 2. The van der Waals surface area contributed by atoms with E-state index >= 15 is 0 Å². The summed E-state index contributed by atoms with van der Waals surface area (Å²) in [5.74, 6) is 1.08. The molecule has 0 bridgehead atoms. The summed E-state index contributed by atoms with van der Waals surface area (Å²) in [5, 5.41) is 3.70. The number of para-hydroxylation sites is 2. The summed E-state index contributed by atoms with van der Waals surface area (Å²) in [4.78, 5) is 24.1. The molecule has 24 heavy (non-hydrogen) atoms. The van der Waals surface area contributed by atoms with Crippen LogP contribution >= 0.6 is 0 Å². The van der Waals surface area contributed by atoms with E-state index < -0.39 is 17.9 Å². The molecule has 8 heteroatoms. The van der Waals surface area contributed by atoms with Gasteiger partial charge in [0.2, 0.25) is 6.10 Å². The standard InChI is InChI=1S/C16H15N3O5/c20-15(10-7-13(24-19-10)9-5-6-9)17-18-16(21)14-8-22-11-3-1-2-4-12(11)23-14/h1-4,7,9,14H,5-6,8H2,(H,17,20)(H,18,21). The number of benzene rings is 1. The van der Waals surface area contributed by atoms with Crippen LogP contribution in [0.1, 0.15) is 35.0 Å². The van der Waals surface area contributed by atoms with Crippen LogP contribution in [0.5, 0.6) is 11.5 Å². The molecular weight excluding hydrogens is 314 g/mol. The van der Waals surface area contributed by atoms with Crippen molar-refractivity contribution in [2.75, 3.05) is 6.61 Å². The van der Waals surface area contributed by atoms with Gasteiger partial charge in [-0.2, -0.15) is 0 Å². The predicted molar refractivity (Wildman–Crippen MR) is 80.4 cm³/mol. The number of nitrogens with zero attached hydrogens (tertiary/aromatic N) is 1. The van der Waals surface area contributed by atoms with Gasteiger partial charge < -0.3 is 14.0 Å². The first-order chi connectivity index (χ1) is 11.7. The second-order valence-electron chi connectivity index (χ2n) is 5.70. The van der Waals surface area contributed by atoms with E-state index in [0.29, 0.717) is 23.2 Å². The largest absolute Gasteiger partial charge is 0.485 e. The van der Waals surface area contributed by atoms with Crippen LogP contribution in [0.2, 0.25) is 0 Å². The highest BCUT2D eigenvalue weighted by molar-refractivity contribution is 5.94. The lowest BCUT2D eigenvalue weighted by atomic mass is 10.2. The first-order valence-electron chi connectivity index (χ1n) is 7.66. The van der Waals surface area contributed by atoms with Gasteiger partial charge in [-0.15, -0.1) is 0 Å². The maximum atomic E-state index is 12.1. The van der Waals surface area contributed by atoms with Gasteiger partial charge in [-0.3, -0.25) is 20.4 Å². The Balaban J connectivity index is 1.32. The number of hydrazine groups is 1. The van der Waals surface area contributed by atoms with Crippen LogP contribution < -0.4 is 20.3 Å². The molecule has 1 fully saturated rings. The van der Waals surface area contributed by atoms with E-state index in [1.807, 2.05) is 6.07 Å². The van der Waals surface area contributed by atoms with E-state index in [9.17, 15) is 9.59 Å². The molecule has 1 aromatic heterocycles. The molecule has 4 rings (SSSR count). The van der Waals surface area contributed by atoms with Crippen LogP contribution in [-0.4, -0.2) is 29.7 Å². The third kappa shape index (κ3) is 2.90. The highest BCUT2D eigenvalue weighted by atomic mass is 16.6. The van der Waals surface area contributed by atoms with Crippen molar-refractivity contribution in [3.8, 4) is 11.5 Å². The van der Waals surface area contributed by atoms with Gasteiger partial charge in [-0.25, -0.2) is 0 Å². The molecular formula is C16H15N3O5. The van der Waals surface area contributed by atoms with Gasteiger partial charge in [-0.1, -0.05) is 17.3 Å². The molecule has 1 aromatic carbocycles. The van der Waals surface area contributed by atoms with Crippen LogP contribution in [0, 0.1) is 0 Å². The molecule has 1 aliphatic heterocycles. The Bertz CT molecular complexity index is 784. The molecule has 2 amide bonds. The minimum Gasteiger partial charge on any atom is -0.485 e. The van der Waals surface area contributed by atoms with Crippen molar-refractivity contribution in [2.24, 2.45) is 0 Å². The van der Waals surface area contributed by atoms with E-state index in [2.05, 4.69) is 16.0 Å². The fourth-order valence-corrected chi connectivity index (χ4v) is 2.37. The second kappa shape index (κ2) is 5.88. The van der Waals surface area contributed by atoms with Gasteiger partial charge in [0.1, 0.15) is 12.4 Å². The Kier molecular flexibility index (Phi) is 3.56. The quantitative estimate of drug-likeness (QED) is 0.819. The van der Waals surface area contributed by atoms with E-state index in [-0.39, 0.29) is 12.3 Å². The predicted octanol–water partition coefficient (Wildman–Crippen LogP) is 1.15. The molecule has 1 saturated carbocycles. The highest BCUT2D eigenvalue weighted by Gasteiger charge is 2.30. The number of rotatable bonds is 3. The normalized spacial score (nSPS) is 18.8. The van der Waals surface area contributed by atoms with Gasteiger partial charge in [0.05, 0.1) is 0 Å². The van der Waals surface area contributed by atoms with Crippen molar-refractivity contribution in [1.82, 2.24) is 16.0 Å². The van der Waals surface area contributed by atoms with Crippen LogP contribution in [0.25, 0.3) is 0 Å². The molecule has 8 nitrogen and oxygen atoms in total. The number of aromatic nitrogens is 1. The van der Waals surface area contributed by atoms with Gasteiger partial charge in [0, 0.05) is 12.0 Å². The zero-order valence-corrected chi connectivity index (χ0v) is 12.7. The molecule has 2 aromatic rings. The van der Waals surface area contributed by atoms with Gasteiger partial charge >= 0.3 is 0 Å². The van der Waals surface area contributed by atoms with Crippen molar-refractivity contribution in [3.63, 3.8) is 0 Å². The molecule has 0 saturated heterocycles. The van der Waals surface area contributed by atoms with Crippen LogP contribution in [-0.2, 0) is 4.79 Å². The van der Waals surface area contributed by atoms with Crippen LogP contribution in [0.3, 0.4) is 0 Å². The summed E-state index contributed by atoms with van der Waals surface area (Å²) in [6, 6.07) is 8.66. The Labute approximate surface area is 137 Å². The summed E-state index contributed by atoms with van der Waals surface area (Å²) in [6.45, 7) is 0.0640.